The second kappa shape index (κ2) is 8.00. The van der Waals surface area contributed by atoms with Crippen LogP contribution in [0.1, 0.15) is 24.2 Å². The highest BCUT2D eigenvalue weighted by atomic mass is 16.5. The van der Waals surface area contributed by atoms with Gasteiger partial charge in [-0.05, 0) is 38.0 Å². The third-order valence-electron chi connectivity index (χ3n) is 5.31. The summed E-state index contributed by atoms with van der Waals surface area (Å²) in [5, 5.41) is 10.7. The average molecular weight is 371 g/mol. The summed E-state index contributed by atoms with van der Waals surface area (Å²) in [6, 6.07) is 9.84. The molecule has 0 radical (unpaired) electrons. The number of aryl methyl sites for hydroxylation is 2. The van der Waals surface area contributed by atoms with Crippen LogP contribution in [0, 0.1) is 6.92 Å². The summed E-state index contributed by atoms with van der Waals surface area (Å²) in [6.45, 7) is 4.54. The number of anilines is 1. The minimum atomic E-state index is -0.611. The number of nitrogens with one attached hydrogen (secondary N) is 2. The predicted molar refractivity (Wildman–Crippen MR) is 106 cm³/mol. The number of carbonyl (C=O) groups excluding carboxylic acids is 1. The van der Waals surface area contributed by atoms with E-state index in [0.29, 0.717) is 0 Å². The van der Waals surface area contributed by atoms with Gasteiger partial charge in [0.05, 0.1) is 18.5 Å². The smallest absolute Gasteiger partial charge is 0.245 e. The lowest BCUT2D eigenvalue weighted by atomic mass is 9.86. The third kappa shape index (κ3) is 4.24. The Balaban J connectivity index is 1.71. The number of hydrogen-bond acceptors (Lipinski definition) is 5. The van der Waals surface area contributed by atoms with Crippen LogP contribution < -0.4 is 15.4 Å². The number of ether oxygens (including phenoxy) is 1. The topological polar surface area (TPSA) is 71.4 Å². The molecule has 0 spiro atoms. The van der Waals surface area contributed by atoms with Gasteiger partial charge in [0, 0.05) is 45.5 Å². The summed E-state index contributed by atoms with van der Waals surface area (Å²) in [5.74, 6) is 0.803. The monoisotopic (exact) mass is 371 g/mol. The highest BCUT2D eigenvalue weighted by molar-refractivity contribution is 5.89. The Kier molecular flexibility index (Phi) is 5.70. The summed E-state index contributed by atoms with van der Waals surface area (Å²) in [6.07, 6.45) is 1.47. The Morgan fingerprint density at radius 3 is 2.63 bits per heavy atom. The molecule has 0 saturated carbocycles. The van der Waals surface area contributed by atoms with Crippen LogP contribution in [0.2, 0.25) is 0 Å². The number of likely N-dealkylation sites (tertiary alicyclic amines) is 1. The van der Waals surface area contributed by atoms with E-state index in [-0.39, 0.29) is 5.91 Å². The number of carbonyl (C=O) groups is 1. The molecule has 1 aromatic carbocycles. The number of nitrogens with zero attached hydrogens (tertiary/aromatic N) is 3. The van der Waals surface area contributed by atoms with Crippen molar-refractivity contribution < 1.29 is 9.53 Å². The van der Waals surface area contributed by atoms with E-state index in [1.807, 2.05) is 42.9 Å². The van der Waals surface area contributed by atoms with E-state index in [1.54, 1.807) is 14.2 Å². The minimum absolute atomic E-state index is 0.0290. The largest absolute Gasteiger partial charge is 0.497 e. The zero-order valence-electron chi connectivity index (χ0n) is 16.6. The lowest BCUT2D eigenvalue weighted by molar-refractivity contribution is -0.126. The fourth-order valence-electron chi connectivity index (χ4n) is 3.76. The van der Waals surface area contributed by atoms with E-state index >= 15 is 0 Å². The molecule has 2 N–H and O–H groups in total. The maximum absolute atomic E-state index is 12.7. The fourth-order valence-corrected chi connectivity index (χ4v) is 3.76. The zero-order chi connectivity index (χ0) is 19.4. The van der Waals surface area contributed by atoms with E-state index in [0.717, 1.165) is 49.6 Å². The predicted octanol–water partition coefficient (Wildman–Crippen LogP) is 1.93. The van der Waals surface area contributed by atoms with Gasteiger partial charge in [0.1, 0.15) is 11.3 Å². The van der Waals surface area contributed by atoms with Crippen molar-refractivity contribution in [1.29, 1.82) is 0 Å². The molecule has 1 aliphatic heterocycles. The van der Waals surface area contributed by atoms with Crippen LogP contribution in [0.25, 0.3) is 0 Å². The van der Waals surface area contributed by atoms with Crippen LogP contribution in [0.3, 0.4) is 0 Å². The molecular weight excluding hydrogens is 342 g/mol. The van der Waals surface area contributed by atoms with Gasteiger partial charge in [0.2, 0.25) is 5.91 Å². The molecule has 1 amide bonds. The van der Waals surface area contributed by atoms with Gasteiger partial charge >= 0.3 is 0 Å². The van der Waals surface area contributed by atoms with E-state index in [1.165, 1.54) is 5.69 Å². The maximum atomic E-state index is 12.7. The van der Waals surface area contributed by atoms with Crippen molar-refractivity contribution >= 4 is 11.6 Å². The Hall–Kier alpha value is -2.54. The fraction of sp³-hybridized carbons (Fsp3) is 0.500. The quantitative estimate of drug-likeness (QED) is 0.812. The van der Waals surface area contributed by atoms with Gasteiger partial charge in [0.15, 0.2) is 0 Å². The number of methoxy groups -OCH3 is 1. The Morgan fingerprint density at radius 1 is 1.30 bits per heavy atom. The SMILES string of the molecule is CNC(=O)C1(Nc2cccc(OC)c2)CCN(Cc2cc(C)nn2C)CC1. The molecule has 0 unspecified atom stereocenters. The van der Waals surface area contributed by atoms with E-state index in [9.17, 15) is 4.79 Å². The van der Waals surface area contributed by atoms with Crippen molar-refractivity contribution in [2.45, 2.75) is 31.8 Å². The molecule has 0 atom stereocenters. The molecule has 1 aliphatic rings. The first-order valence-corrected chi connectivity index (χ1v) is 9.32. The summed E-state index contributed by atoms with van der Waals surface area (Å²) >= 11 is 0. The molecule has 7 heteroatoms. The van der Waals surface area contributed by atoms with Crippen LogP contribution in [0.4, 0.5) is 5.69 Å². The molecule has 7 nitrogen and oxygen atoms in total. The van der Waals surface area contributed by atoms with Gasteiger partial charge in [-0.2, -0.15) is 5.10 Å². The molecule has 27 heavy (non-hydrogen) atoms. The van der Waals surface area contributed by atoms with Gasteiger partial charge < -0.3 is 15.4 Å². The van der Waals surface area contributed by atoms with Crippen LogP contribution in [-0.2, 0) is 18.4 Å². The summed E-state index contributed by atoms with van der Waals surface area (Å²) in [4.78, 5) is 15.1. The van der Waals surface area contributed by atoms with E-state index in [4.69, 9.17) is 4.74 Å². The first kappa shape index (κ1) is 19.2. The van der Waals surface area contributed by atoms with Gasteiger partial charge in [-0.3, -0.25) is 14.4 Å². The van der Waals surface area contributed by atoms with Crippen molar-refractivity contribution in [3.8, 4) is 5.75 Å². The molecule has 2 heterocycles. The van der Waals surface area contributed by atoms with Crippen molar-refractivity contribution in [2.75, 3.05) is 32.6 Å². The number of rotatable bonds is 6. The molecule has 2 aromatic rings. The summed E-state index contributed by atoms with van der Waals surface area (Å²) in [7, 11) is 5.32. The lowest BCUT2D eigenvalue weighted by Gasteiger charge is -2.41. The van der Waals surface area contributed by atoms with Crippen LogP contribution in [0.15, 0.2) is 30.3 Å². The number of aromatic nitrogens is 2. The number of amides is 1. The molecule has 146 valence electrons. The van der Waals surface area contributed by atoms with Gasteiger partial charge in [0.25, 0.3) is 0 Å². The average Bonchev–Trinajstić information content (AvgIpc) is 2.99. The molecule has 0 bridgehead atoms. The van der Waals surface area contributed by atoms with Crippen molar-refractivity contribution in [3.63, 3.8) is 0 Å². The molecule has 3 rings (SSSR count). The maximum Gasteiger partial charge on any atom is 0.245 e. The third-order valence-corrected chi connectivity index (χ3v) is 5.31. The second-order valence-electron chi connectivity index (χ2n) is 7.19. The van der Waals surface area contributed by atoms with Gasteiger partial charge in [-0.25, -0.2) is 0 Å². The Bertz CT molecular complexity index is 793. The van der Waals surface area contributed by atoms with Crippen LogP contribution >= 0.6 is 0 Å². The normalized spacial score (nSPS) is 16.7. The van der Waals surface area contributed by atoms with E-state index in [2.05, 4.69) is 26.7 Å². The Morgan fingerprint density at radius 2 is 2.04 bits per heavy atom. The number of likely N-dealkylation sites (N-methyl/N-ethyl adjacent to an activating group) is 1. The highest BCUT2D eigenvalue weighted by Crippen LogP contribution is 2.29. The Labute approximate surface area is 160 Å². The summed E-state index contributed by atoms with van der Waals surface area (Å²) in [5.41, 5.74) is 2.51. The first-order chi connectivity index (χ1) is 13.0. The van der Waals surface area contributed by atoms with E-state index < -0.39 is 5.54 Å². The molecule has 1 fully saturated rings. The van der Waals surface area contributed by atoms with Crippen molar-refractivity contribution in [1.82, 2.24) is 20.0 Å². The molecule has 1 saturated heterocycles. The second-order valence-corrected chi connectivity index (χ2v) is 7.19. The zero-order valence-corrected chi connectivity index (χ0v) is 16.6. The molecular formula is C20H29N5O2. The highest BCUT2D eigenvalue weighted by Gasteiger charge is 2.41. The number of hydrogen-bond donors (Lipinski definition) is 2. The summed E-state index contributed by atoms with van der Waals surface area (Å²) < 4.78 is 7.24. The van der Waals surface area contributed by atoms with Gasteiger partial charge in [-0.1, -0.05) is 6.07 Å². The van der Waals surface area contributed by atoms with Gasteiger partial charge in [-0.15, -0.1) is 0 Å². The number of benzene rings is 1. The van der Waals surface area contributed by atoms with Crippen LogP contribution in [-0.4, -0.2) is 53.4 Å². The van der Waals surface area contributed by atoms with Crippen LogP contribution in [0.5, 0.6) is 5.75 Å². The molecule has 1 aromatic heterocycles. The standard InChI is InChI=1S/C20H29N5O2/c1-15-12-17(24(3)23-15)14-25-10-8-20(9-11-25,19(26)21-2)22-16-6-5-7-18(13-16)27-4/h5-7,12-13,22H,8-11,14H2,1-4H3,(H,21,26). The number of piperidine rings is 1. The minimum Gasteiger partial charge on any atom is -0.497 e. The van der Waals surface area contributed by atoms with Crippen molar-refractivity contribution in [2.24, 2.45) is 7.05 Å². The molecule has 0 aliphatic carbocycles. The lowest BCUT2D eigenvalue weighted by Crippen LogP contribution is -2.57. The first-order valence-electron chi connectivity index (χ1n) is 9.32. The van der Waals surface area contributed by atoms with Crippen molar-refractivity contribution in [3.05, 3.63) is 41.7 Å².